The van der Waals surface area contributed by atoms with Crippen LogP contribution in [-0.2, 0) is 9.59 Å². The van der Waals surface area contributed by atoms with E-state index in [1.165, 1.54) is 16.9 Å². The molecule has 2 saturated carbocycles. The number of carbonyl (C=O) groups is 2. The summed E-state index contributed by atoms with van der Waals surface area (Å²) >= 11 is 0. The maximum absolute atomic E-state index is 13.2. The summed E-state index contributed by atoms with van der Waals surface area (Å²) in [7, 11) is 0. The van der Waals surface area contributed by atoms with E-state index in [0.29, 0.717) is 23.3 Å². The van der Waals surface area contributed by atoms with Gasteiger partial charge in [-0.05, 0) is 85.4 Å². The summed E-state index contributed by atoms with van der Waals surface area (Å²) in [6.45, 7) is 4.09. The highest BCUT2D eigenvalue weighted by atomic mass is 16.5. The first-order chi connectivity index (χ1) is 14.0. The van der Waals surface area contributed by atoms with Crippen molar-refractivity contribution in [3.05, 3.63) is 65.7 Å². The number of anilines is 1. The molecule has 7 rings (SSSR count). The van der Waals surface area contributed by atoms with Gasteiger partial charge in [0.15, 0.2) is 0 Å². The molecule has 2 bridgehead atoms. The van der Waals surface area contributed by atoms with Crippen molar-refractivity contribution in [1.29, 1.82) is 0 Å². The number of hydrogen-bond donors (Lipinski definition) is 0. The van der Waals surface area contributed by atoms with E-state index in [-0.39, 0.29) is 35.5 Å². The van der Waals surface area contributed by atoms with Gasteiger partial charge in [0.1, 0.15) is 11.5 Å². The third-order valence-corrected chi connectivity index (χ3v) is 7.54. The molecule has 0 spiro atoms. The molecule has 1 heterocycles. The summed E-state index contributed by atoms with van der Waals surface area (Å²) in [5.74, 6) is 2.90. The molecule has 4 nitrogen and oxygen atoms in total. The summed E-state index contributed by atoms with van der Waals surface area (Å²) in [6.07, 6.45) is 5.59. The average Bonchev–Trinajstić information content (AvgIpc) is 3.50. The Bertz CT molecular complexity index is 1030. The molecule has 0 N–H and O–H groups in total. The van der Waals surface area contributed by atoms with Crippen LogP contribution in [0.5, 0.6) is 11.5 Å². The first-order valence-electron chi connectivity index (χ1n) is 10.4. The number of amides is 2. The van der Waals surface area contributed by atoms with Crippen LogP contribution in [0.2, 0.25) is 0 Å². The summed E-state index contributed by atoms with van der Waals surface area (Å²) < 4.78 is 6.02. The minimum absolute atomic E-state index is 0.0205. The summed E-state index contributed by atoms with van der Waals surface area (Å²) in [4.78, 5) is 27.8. The Hall–Kier alpha value is -2.88. The SMILES string of the molecule is Cc1cccc(Oc2ccc(N3C(=O)[C@@H]4[C@@H]5C=C[C@H]([C@@H]6C[C@H]56)[C@@H]4C3=O)cc2)c1C. The minimum atomic E-state index is -0.160. The van der Waals surface area contributed by atoms with Crippen LogP contribution in [-0.4, -0.2) is 11.8 Å². The van der Waals surface area contributed by atoms with Crippen molar-refractivity contribution < 1.29 is 14.3 Å². The molecule has 4 heteroatoms. The molecule has 0 radical (unpaired) electrons. The smallest absolute Gasteiger partial charge is 0.238 e. The molecule has 5 aliphatic rings. The molecule has 3 fully saturated rings. The van der Waals surface area contributed by atoms with E-state index in [1.54, 1.807) is 0 Å². The number of rotatable bonds is 3. The van der Waals surface area contributed by atoms with Crippen LogP contribution in [0.25, 0.3) is 0 Å². The van der Waals surface area contributed by atoms with Crippen LogP contribution in [0.1, 0.15) is 17.5 Å². The summed E-state index contributed by atoms with van der Waals surface area (Å²) in [5, 5.41) is 0. The molecule has 1 saturated heterocycles. The van der Waals surface area contributed by atoms with Gasteiger partial charge in [-0.25, -0.2) is 0 Å². The van der Waals surface area contributed by atoms with Crippen LogP contribution in [0.4, 0.5) is 5.69 Å². The fourth-order valence-corrected chi connectivity index (χ4v) is 5.84. The van der Waals surface area contributed by atoms with Gasteiger partial charge in [-0.15, -0.1) is 0 Å². The normalized spacial score (nSPS) is 33.7. The highest BCUT2D eigenvalue weighted by Gasteiger charge is 2.67. The number of imide groups is 1. The van der Waals surface area contributed by atoms with Gasteiger partial charge >= 0.3 is 0 Å². The molecule has 146 valence electrons. The van der Waals surface area contributed by atoms with Gasteiger partial charge in [-0.3, -0.25) is 14.5 Å². The van der Waals surface area contributed by atoms with Crippen molar-refractivity contribution in [2.45, 2.75) is 20.3 Å². The monoisotopic (exact) mass is 385 g/mol. The second-order valence-electron chi connectivity index (χ2n) is 8.96. The summed E-state index contributed by atoms with van der Waals surface area (Å²) in [6, 6.07) is 13.3. The van der Waals surface area contributed by atoms with Gasteiger partial charge in [0.25, 0.3) is 0 Å². The van der Waals surface area contributed by atoms with Crippen LogP contribution in [0.3, 0.4) is 0 Å². The van der Waals surface area contributed by atoms with E-state index < -0.39 is 0 Å². The Morgan fingerprint density at radius 2 is 1.48 bits per heavy atom. The molecule has 4 aliphatic carbocycles. The molecule has 1 aliphatic heterocycles. The number of allylic oxidation sites excluding steroid dienone is 2. The Morgan fingerprint density at radius 3 is 2.10 bits per heavy atom. The lowest BCUT2D eigenvalue weighted by Gasteiger charge is -2.37. The predicted molar refractivity (Wildman–Crippen MR) is 110 cm³/mol. The van der Waals surface area contributed by atoms with Crippen LogP contribution >= 0.6 is 0 Å². The third-order valence-electron chi connectivity index (χ3n) is 7.54. The van der Waals surface area contributed by atoms with Crippen LogP contribution in [0.15, 0.2) is 54.6 Å². The molecular formula is C25H23NO3. The highest BCUT2D eigenvalue weighted by Crippen LogP contribution is 2.65. The Morgan fingerprint density at radius 1 is 0.862 bits per heavy atom. The zero-order chi connectivity index (χ0) is 19.9. The van der Waals surface area contributed by atoms with E-state index in [9.17, 15) is 9.59 Å². The molecule has 2 aromatic carbocycles. The maximum Gasteiger partial charge on any atom is 0.238 e. The highest BCUT2D eigenvalue weighted by molar-refractivity contribution is 6.22. The van der Waals surface area contributed by atoms with Crippen molar-refractivity contribution in [3.8, 4) is 11.5 Å². The lowest BCUT2D eigenvalue weighted by atomic mass is 9.63. The molecule has 2 aromatic rings. The van der Waals surface area contributed by atoms with Gasteiger partial charge < -0.3 is 4.74 Å². The Balaban J connectivity index is 1.27. The fraction of sp³-hybridized carbons (Fsp3) is 0.360. The van der Waals surface area contributed by atoms with E-state index >= 15 is 0 Å². The van der Waals surface area contributed by atoms with Crippen LogP contribution in [0, 0.1) is 49.4 Å². The molecular weight excluding hydrogens is 362 g/mol. The maximum atomic E-state index is 13.2. The Labute approximate surface area is 170 Å². The zero-order valence-electron chi connectivity index (χ0n) is 16.5. The van der Waals surface area contributed by atoms with Gasteiger partial charge in [0.2, 0.25) is 11.8 Å². The second kappa shape index (κ2) is 5.82. The van der Waals surface area contributed by atoms with Crippen LogP contribution < -0.4 is 9.64 Å². The number of carbonyl (C=O) groups excluding carboxylic acids is 2. The van der Waals surface area contributed by atoms with Crippen molar-refractivity contribution >= 4 is 17.5 Å². The summed E-state index contributed by atoms with van der Waals surface area (Å²) in [5.41, 5.74) is 2.93. The van der Waals surface area contributed by atoms with Gasteiger partial charge in [-0.1, -0.05) is 24.3 Å². The lowest BCUT2D eigenvalue weighted by molar-refractivity contribution is -0.124. The largest absolute Gasteiger partial charge is 0.457 e. The van der Waals surface area contributed by atoms with Crippen molar-refractivity contribution in [3.63, 3.8) is 0 Å². The molecule has 0 unspecified atom stereocenters. The Kier molecular flexibility index (Phi) is 3.41. The first-order valence-corrected chi connectivity index (χ1v) is 10.4. The minimum Gasteiger partial charge on any atom is -0.457 e. The average molecular weight is 385 g/mol. The van der Waals surface area contributed by atoms with E-state index in [4.69, 9.17) is 4.74 Å². The predicted octanol–water partition coefficient (Wildman–Crippen LogP) is 4.65. The number of ether oxygens (including phenoxy) is 1. The van der Waals surface area contributed by atoms with Crippen molar-refractivity contribution in [2.75, 3.05) is 4.90 Å². The van der Waals surface area contributed by atoms with E-state index in [0.717, 1.165) is 11.3 Å². The van der Waals surface area contributed by atoms with Crippen molar-refractivity contribution in [1.82, 2.24) is 0 Å². The molecule has 0 aromatic heterocycles. The standard InChI is InChI=1S/C25H23NO3/c1-13-4-3-5-21(14(13)2)29-16-8-6-15(7-9-16)26-24(27)22-17-10-11-18(20-12-19(17)20)23(22)25(26)28/h3-11,17-20,22-23H,12H2,1-2H3/t17-,18-,19-,20+,22-,23+/m1/s1. The molecule has 6 atom stereocenters. The number of hydrogen-bond acceptors (Lipinski definition) is 3. The van der Waals surface area contributed by atoms with Gasteiger partial charge in [0, 0.05) is 0 Å². The van der Waals surface area contributed by atoms with Crippen molar-refractivity contribution in [2.24, 2.45) is 35.5 Å². The van der Waals surface area contributed by atoms with Gasteiger partial charge in [0.05, 0.1) is 17.5 Å². The fourth-order valence-electron chi connectivity index (χ4n) is 5.84. The number of aryl methyl sites for hydroxylation is 1. The van der Waals surface area contributed by atoms with Gasteiger partial charge in [-0.2, -0.15) is 0 Å². The lowest BCUT2D eigenvalue weighted by Crippen LogP contribution is -2.40. The second-order valence-corrected chi connectivity index (χ2v) is 8.96. The number of benzene rings is 2. The third kappa shape index (κ3) is 2.32. The van der Waals surface area contributed by atoms with E-state index in [2.05, 4.69) is 25.1 Å². The zero-order valence-corrected chi connectivity index (χ0v) is 16.5. The quantitative estimate of drug-likeness (QED) is 0.571. The first kappa shape index (κ1) is 17.0. The molecule has 29 heavy (non-hydrogen) atoms. The van der Waals surface area contributed by atoms with E-state index in [1.807, 2.05) is 43.3 Å². The topological polar surface area (TPSA) is 46.6 Å². The number of nitrogens with zero attached hydrogens (tertiary/aromatic N) is 1. The molecule has 2 amide bonds.